The van der Waals surface area contributed by atoms with Gasteiger partial charge in [0.15, 0.2) is 6.10 Å². The highest BCUT2D eigenvalue weighted by atomic mass is 16.6. The first kappa shape index (κ1) is 15.5. The van der Waals surface area contributed by atoms with Crippen molar-refractivity contribution in [2.45, 2.75) is 46.3 Å². The van der Waals surface area contributed by atoms with E-state index in [2.05, 4.69) is 0 Å². The number of carbonyl (C=O) groups is 1. The smallest absolute Gasteiger partial charge is 0.347 e. The number of esters is 1. The Morgan fingerprint density at radius 2 is 2.05 bits per heavy atom. The molecule has 1 aromatic rings. The number of hydrogen-bond donors (Lipinski definition) is 1. The van der Waals surface area contributed by atoms with Gasteiger partial charge in [-0.2, -0.15) is 0 Å². The molecule has 0 aliphatic heterocycles. The molecule has 106 valence electrons. The molecule has 0 aliphatic carbocycles. The SMILES string of the molecule is CCOC(=O)C(CC)Oc1ccc(C)cc1[C@H](C)N. The summed E-state index contributed by atoms with van der Waals surface area (Å²) in [5, 5.41) is 0. The number of hydrogen-bond acceptors (Lipinski definition) is 4. The Bertz CT molecular complexity index is 429. The van der Waals surface area contributed by atoms with Crippen molar-refractivity contribution in [3.63, 3.8) is 0 Å². The van der Waals surface area contributed by atoms with Gasteiger partial charge in [-0.25, -0.2) is 4.79 Å². The molecule has 19 heavy (non-hydrogen) atoms. The summed E-state index contributed by atoms with van der Waals surface area (Å²) >= 11 is 0. The maximum absolute atomic E-state index is 11.7. The van der Waals surface area contributed by atoms with Gasteiger partial charge in [0.1, 0.15) is 5.75 Å². The summed E-state index contributed by atoms with van der Waals surface area (Å²) < 4.78 is 10.8. The normalized spacial score (nSPS) is 13.7. The van der Waals surface area contributed by atoms with Crippen LogP contribution >= 0.6 is 0 Å². The minimum absolute atomic E-state index is 0.144. The average Bonchev–Trinajstić information content (AvgIpc) is 2.37. The van der Waals surface area contributed by atoms with Crippen LogP contribution in [0.5, 0.6) is 5.75 Å². The van der Waals surface area contributed by atoms with E-state index in [1.807, 2.05) is 39.0 Å². The second kappa shape index (κ2) is 7.14. The average molecular weight is 265 g/mol. The van der Waals surface area contributed by atoms with Gasteiger partial charge in [0.25, 0.3) is 0 Å². The van der Waals surface area contributed by atoms with E-state index in [0.717, 1.165) is 11.1 Å². The molecule has 2 N–H and O–H groups in total. The summed E-state index contributed by atoms with van der Waals surface area (Å²) in [6, 6.07) is 5.64. The maximum atomic E-state index is 11.7. The number of benzene rings is 1. The van der Waals surface area contributed by atoms with Crippen LogP contribution in [0.15, 0.2) is 18.2 Å². The van der Waals surface area contributed by atoms with E-state index in [0.29, 0.717) is 18.8 Å². The molecule has 0 aliphatic rings. The van der Waals surface area contributed by atoms with Crippen LogP contribution in [0.25, 0.3) is 0 Å². The Morgan fingerprint density at radius 3 is 2.58 bits per heavy atom. The van der Waals surface area contributed by atoms with Gasteiger partial charge in [-0.05, 0) is 33.3 Å². The van der Waals surface area contributed by atoms with Crippen LogP contribution in [0, 0.1) is 6.92 Å². The largest absolute Gasteiger partial charge is 0.478 e. The molecule has 0 fully saturated rings. The molecular formula is C15H23NO3. The van der Waals surface area contributed by atoms with Crippen molar-refractivity contribution in [3.05, 3.63) is 29.3 Å². The second-order valence-corrected chi connectivity index (χ2v) is 4.60. The summed E-state index contributed by atoms with van der Waals surface area (Å²) in [6.45, 7) is 7.92. The lowest BCUT2D eigenvalue weighted by atomic mass is 10.0. The lowest BCUT2D eigenvalue weighted by Gasteiger charge is -2.20. The number of ether oxygens (including phenoxy) is 2. The Morgan fingerprint density at radius 1 is 1.37 bits per heavy atom. The summed E-state index contributed by atoms with van der Waals surface area (Å²) in [7, 11) is 0. The first-order chi connectivity index (χ1) is 8.99. The van der Waals surface area contributed by atoms with Crippen LogP contribution in [0.3, 0.4) is 0 Å². The molecular weight excluding hydrogens is 242 g/mol. The molecule has 0 heterocycles. The van der Waals surface area contributed by atoms with Crippen LogP contribution in [-0.4, -0.2) is 18.7 Å². The van der Waals surface area contributed by atoms with Crippen molar-refractivity contribution in [1.29, 1.82) is 0 Å². The van der Waals surface area contributed by atoms with Gasteiger partial charge in [-0.3, -0.25) is 0 Å². The first-order valence-electron chi connectivity index (χ1n) is 6.69. The van der Waals surface area contributed by atoms with Crippen LogP contribution in [0.1, 0.15) is 44.4 Å². The minimum Gasteiger partial charge on any atom is -0.478 e. The standard InChI is InChI=1S/C15H23NO3/c1-5-13(15(17)18-6-2)19-14-8-7-10(3)9-12(14)11(4)16/h7-9,11,13H,5-6,16H2,1-4H3/t11-,13?/m0/s1. The van der Waals surface area contributed by atoms with Gasteiger partial charge in [0.2, 0.25) is 0 Å². The van der Waals surface area contributed by atoms with Gasteiger partial charge in [-0.1, -0.05) is 24.6 Å². The fourth-order valence-electron chi connectivity index (χ4n) is 1.82. The maximum Gasteiger partial charge on any atom is 0.347 e. The number of nitrogens with two attached hydrogens (primary N) is 1. The van der Waals surface area contributed by atoms with E-state index < -0.39 is 6.10 Å². The second-order valence-electron chi connectivity index (χ2n) is 4.60. The molecule has 2 atom stereocenters. The fraction of sp³-hybridized carbons (Fsp3) is 0.533. The molecule has 0 saturated heterocycles. The van der Waals surface area contributed by atoms with Gasteiger partial charge in [0, 0.05) is 11.6 Å². The number of aryl methyl sites for hydroxylation is 1. The molecule has 1 aromatic carbocycles. The van der Waals surface area contributed by atoms with E-state index in [1.54, 1.807) is 6.92 Å². The van der Waals surface area contributed by atoms with Crippen molar-refractivity contribution >= 4 is 5.97 Å². The summed E-state index contributed by atoms with van der Waals surface area (Å²) in [4.78, 5) is 11.7. The van der Waals surface area contributed by atoms with Crippen molar-refractivity contribution < 1.29 is 14.3 Å². The van der Waals surface area contributed by atoms with E-state index in [-0.39, 0.29) is 12.0 Å². The van der Waals surface area contributed by atoms with Crippen LogP contribution < -0.4 is 10.5 Å². The molecule has 0 radical (unpaired) electrons. The highest BCUT2D eigenvalue weighted by Gasteiger charge is 2.21. The quantitative estimate of drug-likeness (QED) is 0.803. The number of rotatable bonds is 6. The zero-order chi connectivity index (χ0) is 14.4. The molecule has 1 unspecified atom stereocenters. The third-order valence-corrected chi connectivity index (χ3v) is 2.85. The monoisotopic (exact) mass is 265 g/mol. The van der Waals surface area contributed by atoms with E-state index >= 15 is 0 Å². The Hall–Kier alpha value is -1.55. The molecule has 4 heteroatoms. The van der Waals surface area contributed by atoms with E-state index in [4.69, 9.17) is 15.2 Å². The minimum atomic E-state index is -0.583. The van der Waals surface area contributed by atoms with Crippen molar-refractivity contribution in [2.75, 3.05) is 6.61 Å². The lowest BCUT2D eigenvalue weighted by molar-refractivity contribution is -0.151. The van der Waals surface area contributed by atoms with Crippen molar-refractivity contribution in [2.24, 2.45) is 5.73 Å². The fourth-order valence-corrected chi connectivity index (χ4v) is 1.82. The highest BCUT2D eigenvalue weighted by molar-refractivity contribution is 5.75. The van der Waals surface area contributed by atoms with Crippen molar-refractivity contribution in [1.82, 2.24) is 0 Å². The zero-order valence-electron chi connectivity index (χ0n) is 12.1. The van der Waals surface area contributed by atoms with Gasteiger partial charge in [-0.15, -0.1) is 0 Å². The highest BCUT2D eigenvalue weighted by Crippen LogP contribution is 2.26. The Kier molecular flexibility index (Phi) is 5.83. The first-order valence-corrected chi connectivity index (χ1v) is 6.69. The van der Waals surface area contributed by atoms with Gasteiger partial charge < -0.3 is 15.2 Å². The third kappa shape index (κ3) is 4.24. The molecule has 0 bridgehead atoms. The lowest BCUT2D eigenvalue weighted by Crippen LogP contribution is -2.29. The molecule has 0 spiro atoms. The molecule has 4 nitrogen and oxygen atoms in total. The van der Waals surface area contributed by atoms with Crippen LogP contribution in [-0.2, 0) is 9.53 Å². The predicted molar refractivity (Wildman–Crippen MR) is 75.1 cm³/mol. The van der Waals surface area contributed by atoms with Crippen LogP contribution in [0.4, 0.5) is 0 Å². The van der Waals surface area contributed by atoms with Crippen LogP contribution in [0.2, 0.25) is 0 Å². The van der Waals surface area contributed by atoms with Crippen molar-refractivity contribution in [3.8, 4) is 5.75 Å². The summed E-state index contributed by atoms with van der Waals surface area (Å²) in [6.07, 6.45) is -0.0226. The summed E-state index contributed by atoms with van der Waals surface area (Å²) in [5.74, 6) is 0.321. The molecule has 0 amide bonds. The van der Waals surface area contributed by atoms with E-state index in [1.165, 1.54) is 0 Å². The predicted octanol–water partition coefficient (Wildman–Crippen LogP) is 2.74. The Labute approximate surface area is 114 Å². The van der Waals surface area contributed by atoms with Gasteiger partial charge >= 0.3 is 5.97 Å². The topological polar surface area (TPSA) is 61.5 Å². The molecule has 0 aromatic heterocycles. The van der Waals surface area contributed by atoms with Gasteiger partial charge in [0.05, 0.1) is 6.61 Å². The Balaban J connectivity index is 2.93. The third-order valence-electron chi connectivity index (χ3n) is 2.85. The molecule has 0 saturated carbocycles. The summed E-state index contributed by atoms with van der Waals surface area (Å²) in [5.41, 5.74) is 7.96. The van der Waals surface area contributed by atoms with E-state index in [9.17, 15) is 4.79 Å². The molecule has 1 rings (SSSR count). The zero-order valence-corrected chi connectivity index (χ0v) is 12.1. The number of carbonyl (C=O) groups excluding carboxylic acids is 1.